The second-order valence-electron chi connectivity index (χ2n) is 6.54. The first-order chi connectivity index (χ1) is 12.3. The molecule has 0 heterocycles. The first-order valence-electron chi connectivity index (χ1n) is 7.15. The minimum absolute atomic E-state index is 0.908. The van der Waals surface area contributed by atoms with Crippen LogP contribution in [0.5, 0.6) is 0 Å². The Hall–Kier alpha value is -0.873. The van der Waals surface area contributed by atoms with Crippen molar-refractivity contribution in [2.24, 2.45) is 0 Å². The highest BCUT2D eigenvalue weighted by atomic mass is 28.4. The van der Waals surface area contributed by atoms with Gasteiger partial charge in [0, 0.05) is 13.5 Å². The van der Waals surface area contributed by atoms with Crippen LogP contribution in [-0.2, 0) is 4.43 Å². The molecule has 0 atom stereocenters. The normalized spacial score (nSPS) is 16.3. The van der Waals surface area contributed by atoms with Gasteiger partial charge in [-0.25, -0.2) is 0 Å². The van der Waals surface area contributed by atoms with Crippen LogP contribution >= 0.6 is 0 Å². The van der Waals surface area contributed by atoms with E-state index in [2.05, 4.69) is 4.43 Å². The van der Waals surface area contributed by atoms with Gasteiger partial charge in [0.1, 0.15) is 0 Å². The summed E-state index contributed by atoms with van der Waals surface area (Å²) < 4.78 is 199. The van der Waals surface area contributed by atoms with E-state index in [1.54, 1.807) is 0 Å². The summed E-state index contributed by atoms with van der Waals surface area (Å²) in [5.74, 6) is -46.1. The van der Waals surface area contributed by atoms with Crippen LogP contribution in [0.25, 0.3) is 0 Å². The quantitative estimate of drug-likeness (QED) is 0.264. The molecule has 1 nitrogen and oxygen atoms in total. The average Bonchev–Trinajstić information content (AvgIpc) is 2.51. The molecule has 0 unspecified atom stereocenters. The van der Waals surface area contributed by atoms with Crippen LogP contribution in [0.4, 0.5) is 65.9 Å². The Kier molecular flexibility index (Phi) is 7.15. The van der Waals surface area contributed by atoms with E-state index in [0.29, 0.717) is 0 Å². The highest BCUT2D eigenvalue weighted by Gasteiger charge is 2.93. The molecule has 0 bridgehead atoms. The molecule has 0 radical (unpaired) electrons. The monoisotopic (exact) mass is 486 g/mol. The lowest BCUT2D eigenvalue weighted by Crippen LogP contribution is -2.72. The van der Waals surface area contributed by atoms with Crippen LogP contribution in [-0.4, -0.2) is 57.1 Å². The minimum atomic E-state index is -8.24. The maximum absolute atomic E-state index is 13.6. The molecule has 0 N–H and O–H groups in total. The van der Waals surface area contributed by atoms with Gasteiger partial charge < -0.3 is 4.43 Å². The molecule has 0 rings (SSSR count). The lowest BCUT2D eigenvalue weighted by Gasteiger charge is -2.41. The molecule has 176 valence electrons. The average molecular weight is 486 g/mol. The number of alkyl halides is 15. The van der Waals surface area contributed by atoms with Crippen molar-refractivity contribution in [1.29, 1.82) is 0 Å². The SMILES string of the molecule is CO[Si](C)(C)CCC(F)(F)C(F)(F)C(F)(F)C(F)(F)C(F)(F)C(F)(F)C(F)(F)F. The second kappa shape index (κ2) is 7.37. The molecule has 0 aliphatic rings. The van der Waals surface area contributed by atoms with Gasteiger partial charge in [-0.2, -0.15) is 65.9 Å². The molecule has 0 saturated heterocycles. The van der Waals surface area contributed by atoms with Crippen LogP contribution in [0.3, 0.4) is 0 Å². The first-order valence-corrected chi connectivity index (χ1v) is 10.3. The van der Waals surface area contributed by atoms with Crippen molar-refractivity contribution in [2.75, 3.05) is 7.11 Å². The van der Waals surface area contributed by atoms with Gasteiger partial charge >= 0.3 is 41.7 Å². The summed E-state index contributed by atoms with van der Waals surface area (Å²) in [7, 11) is -2.32. The Morgan fingerprint density at radius 1 is 0.552 bits per heavy atom. The molecule has 0 fully saturated rings. The van der Waals surface area contributed by atoms with Gasteiger partial charge in [-0.05, 0) is 19.1 Å². The number of halogens is 15. The van der Waals surface area contributed by atoms with Crippen molar-refractivity contribution < 1.29 is 70.3 Å². The van der Waals surface area contributed by atoms with Crippen molar-refractivity contribution >= 4 is 8.32 Å². The van der Waals surface area contributed by atoms with Gasteiger partial charge in [0.05, 0.1) is 0 Å². The van der Waals surface area contributed by atoms with E-state index in [0.717, 1.165) is 20.2 Å². The van der Waals surface area contributed by atoms with Gasteiger partial charge in [-0.1, -0.05) is 0 Å². The smallest absolute Gasteiger partial charge is 0.420 e. The third-order valence-electron chi connectivity index (χ3n) is 3.99. The predicted octanol–water partition coefficient (Wildman–Crippen LogP) is 6.60. The van der Waals surface area contributed by atoms with Gasteiger partial charge in [-0.3, -0.25) is 0 Å². The summed E-state index contributed by atoms with van der Waals surface area (Å²) in [5, 5.41) is 0. The van der Waals surface area contributed by atoms with Crippen molar-refractivity contribution in [3.8, 4) is 0 Å². The molecule has 29 heavy (non-hydrogen) atoms. The highest BCUT2D eigenvalue weighted by Crippen LogP contribution is 2.62. The van der Waals surface area contributed by atoms with Crippen LogP contribution in [0.1, 0.15) is 6.42 Å². The van der Waals surface area contributed by atoms with Gasteiger partial charge in [0.25, 0.3) is 0 Å². The van der Waals surface area contributed by atoms with E-state index >= 15 is 0 Å². The molecular formula is C12H13F15OSi. The predicted molar refractivity (Wildman–Crippen MR) is 69.7 cm³/mol. The standard InChI is InChI=1S/C12H13F15OSi/c1-28-29(2,3)5-4-6(13,14)7(15,16)8(17,18)9(19,20)10(21,22)11(23,24)12(25,26)27/h4-5H2,1-3H3. The zero-order valence-electron chi connectivity index (χ0n) is 14.5. The van der Waals surface area contributed by atoms with Gasteiger partial charge in [0.2, 0.25) is 0 Å². The number of hydrogen-bond donors (Lipinski definition) is 0. The zero-order valence-corrected chi connectivity index (χ0v) is 15.5. The second-order valence-corrected chi connectivity index (χ2v) is 11.0. The summed E-state index contributed by atoms with van der Waals surface area (Å²) in [4.78, 5) is 0. The van der Waals surface area contributed by atoms with Crippen molar-refractivity contribution in [3.63, 3.8) is 0 Å². The van der Waals surface area contributed by atoms with Crippen molar-refractivity contribution in [2.45, 2.75) is 67.3 Å². The summed E-state index contributed by atoms with van der Waals surface area (Å²) in [6.07, 6.45) is -9.93. The van der Waals surface area contributed by atoms with Crippen molar-refractivity contribution in [3.05, 3.63) is 0 Å². The topological polar surface area (TPSA) is 9.23 Å². The molecule has 17 heteroatoms. The zero-order chi connectivity index (χ0) is 24.1. The number of rotatable bonds is 9. The lowest BCUT2D eigenvalue weighted by molar-refractivity contribution is -0.452. The van der Waals surface area contributed by atoms with Gasteiger partial charge in [-0.15, -0.1) is 0 Å². The van der Waals surface area contributed by atoms with Crippen LogP contribution < -0.4 is 0 Å². The van der Waals surface area contributed by atoms with Crippen LogP contribution in [0.2, 0.25) is 19.1 Å². The van der Waals surface area contributed by atoms with Gasteiger partial charge in [0.15, 0.2) is 8.32 Å². The third kappa shape index (κ3) is 4.30. The fourth-order valence-corrected chi connectivity index (χ4v) is 2.84. The van der Waals surface area contributed by atoms with E-state index < -0.39 is 62.5 Å². The minimum Gasteiger partial charge on any atom is -0.420 e. The molecule has 0 amide bonds. The van der Waals surface area contributed by atoms with Crippen LogP contribution in [0, 0.1) is 0 Å². The Morgan fingerprint density at radius 3 is 1.17 bits per heavy atom. The number of hydrogen-bond acceptors (Lipinski definition) is 1. The molecule has 0 aromatic heterocycles. The highest BCUT2D eigenvalue weighted by molar-refractivity contribution is 6.71. The van der Waals surface area contributed by atoms with E-state index in [4.69, 9.17) is 0 Å². The Balaban J connectivity index is 6.29. The largest absolute Gasteiger partial charge is 0.460 e. The summed E-state index contributed by atoms with van der Waals surface area (Å²) in [5.41, 5.74) is 0. The first kappa shape index (κ1) is 28.1. The van der Waals surface area contributed by atoms with Crippen molar-refractivity contribution in [1.82, 2.24) is 0 Å². The summed E-state index contributed by atoms with van der Waals surface area (Å²) in [6.45, 7) is 2.18. The van der Waals surface area contributed by atoms with Crippen LogP contribution in [0.15, 0.2) is 0 Å². The van der Waals surface area contributed by atoms with E-state index in [1.165, 1.54) is 0 Å². The Bertz CT molecular complexity index is 580. The summed E-state index contributed by atoms with van der Waals surface area (Å²) in [6, 6.07) is -1.11. The Morgan fingerprint density at radius 2 is 0.862 bits per heavy atom. The van der Waals surface area contributed by atoms with E-state index in [-0.39, 0.29) is 0 Å². The molecule has 0 aromatic carbocycles. The molecule has 0 spiro atoms. The fraction of sp³-hybridized carbons (Fsp3) is 1.00. The molecule has 0 aromatic rings. The maximum atomic E-state index is 13.6. The van der Waals surface area contributed by atoms with E-state index in [1.807, 2.05) is 0 Å². The fourth-order valence-electron chi connectivity index (χ4n) is 1.72. The summed E-state index contributed by atoms with van der Waals surface area (Å²) >= 11 is 0. The molecule has 0 saturated carbocycles. The molecule has 0 aliphatic carbocycles. The third-order valence-corrected chi connectivity index (χ3v) is 6.55. The molecular weight excluding hydrogens is 473 g/mol. The molecule has 0 aliphatic heterocycles. The lowest BCUT2D eigenvalue weighted by atomic mass is 9.90. The Labute approximate surface area is 154 Å². The maximum Gasteiger partial charge on any atom is 0.460 e. The van der Waals surface area contributed by atoms with E-state index in [9.17, 15) is 65.9 Å².